The lowest BCUT2D eigenvalue weighted by atomic mass is 10.1. The molecule has 3 rings (SSSR count). The summed E-state index contributed by atoms with van der Waals surface area (Å²) in [6.45, 7) is 0. The topological polar surface area (TPSA) is 49.8 Å². The molecule has 1 saturated carbocycles. The van der Waals surface area contributed by atoms with E-state index in [1.165, 1.54) is 18.5 Å². The van der Waals surface area contributed by atoms with Crippen LogP contribution in [0.5, 0.6) is 0 Å². The molecule has 0 bridgehead atoms. The summed E-state index contributed by atoms with van der Waals surface area (Å²) in [7, 11) is 0. The second kappa shape index (κ2) is 5.43. The van der Waals surface area contributed by atoms with Crippen LogP contribution in [0.4, 0.5) is 34.9 Å². The van der Waals surface area contributed by atoms with Gasteiger partial charge in [0.05, 0.1) is 11.3 Å². The number of benzene rings is 1. The number of aromatic nitrogens is 2. The fraction of sp³-hybridized carbons (Fsp3) is 0.286. The summed E-state index contributed by atoms with van der Waals surface area (Å²) in [4.78, 5) is 7.89. The highest BCUT2D eigenvalue weighted by atomic mass is 19.4. The summed E-state index contributed by atoms with van der Waals surface area (Å²) in [6.07, 6.45) is -1.38. The van der Waals surface area contributed by atoms with Gasteiger partial charge in [-0.05, 0) is 25.0 Å². The van der Waals surface area contributed by atoms with E-state index in [2.05, 4.69) is 20.6 Å². The third kappa shape index (κ3) is 3.26. The first kappa shape index (κ1) is 14.6. The van der Waals surface area contributed by atoms with Gasteiger partial charge in [0.2, 0.25) is 0 Å². The molecule has 1 aliphatic carbocycles. The van der Waals surface area contributed by atoms with Crippen molar-refractivity contribution in [3.8, 4) is 0 Å². The van der Waals surface area contributed by atoms with Gasteiger partial charge in [-0.25, -0.2) is 14.4 Å². The van der Waals surface area contributed by atoms with Crippen LogP contribution in [0.2, 0.25) is 0 Å². The molecule has 0 atom stereocenters. The van der Waals surface area contributed by atoms with Crippen molar-refractivity contribution >= 4 is 17.3 Å². The van der Waals surface area contributed by atoms with E-state index in [0.29, 0.717) is 17.9 Å². The number of hydrogen-bond donors (Lipinski definition) is 2. The number of halogens is 4. The van der Waals surface area contributed by atoms with Crippen molar-refractivity contribution in [1.82, 2.24) is 9.97 Å². The van der Waals surface area contributed by atoms with E-state index < -0.39 is 17.6 Å². The van der Waals surface area contributed by atoms with E-state index in [1.807, 2.05) is 0 Å². The molecule has 1 fully saturated rings. The maximum Gasteiger partial charge on any atom is 0.419 e. The van der Waals surface area contributed by atoms with Crippen molar-refractivity contribution in [3.05, 3.63) is 42.0 Å². The molecular weight excluding hydrogens is 300 g/mol. The maximum absolute atomic E-state index is 13.9. The predicted octanol–water partition coefficient (Wildman–Crippen LogP) is 3.95. The van der Waals surface area contributed by atoms with Crippen molar-refractivity contribution in [2.75, 3.05) is 10.6 Å². The number of hydrogen-bond acceptors (Lipinski definition) is 4. The van der Waals surface area contributed by atoms with Crippen LogP contribution >= 0.6 is 0 Å². The summed E-state index contributed by atoms with van der Waals surface area (Å²) in [5.74, 6) is -0.589. The van der Waals surface area contributed by atoms with Crippen LogP contribution in [0.15, 0.2) is 30.6 Å². The summed E-state index contributed by atoms with van der Waals surface area (Å²) in [5, 5.41) is 5.68. The third-order valence-electron chi connectivity index (χ3n) is 3.16. The molecule has 1 heterocycles. The lowest BCUT2D eigenvalue weighted by molar-refractivity contribution is -0.139. The predicted molar refractivity (Wildman–Crippen MR) is 73.4 cm³/mol. The summed E-state index contributed by atoms with van der Waals surface area (Å²) >= 11 is 0. The highest BCUT2D eigenvalue weighted by Gasteiger charge is 2.34. The van der Waals surface area contributed by atoms with Crippen LogP contribution in [0.3, 0.4) is 0 Å². The molecule has 0 spiro atoms. The van der Waals surface area contributed by atoms with Crippen molar-refractivity contribution in [2.45, 2.75) is 25.1 Å². The van der Waals surface area contributed by atoms with Gasteiger partial charge in [0.25, 0.3) is 0 Å². The third-order valence-corrected chi connectivity index (χ3v) is 3.16. The molecular formula is C14H12F4N4. The summed E-state index contributed by atoms with van der Waals surface area (Å²) < 4.78 is 52.0. The monoisotopic (exact) mass is 312 g/mol. The molecule has 22 heavy (non-hydrogen) atoms. The Labute approximate surface area is 123 Å². The Balaban J connectivity index is 1.83. The molecule has 0 unspecified atom stereocenters. The number of nitrogens with zero attached hydrogens (tertiary/aromatic N) is 2. The molecule has 2 aromatic rings. The Morgan fingerprint density at radius 1 is 1.09 bits per heavy atom. The van der Waals surface area contributed by atoms with Crippen LogP contribution in [-0.4, -0.2) is 16.0 Å². The fourth-order valence-corrected chi connectivity index (χ4v) is 1.93. The van der Waals surface area contributed by atoms with Gasteiger partial charge in [-0.15, -0.1) is 0 Å². The average Bonchev–Trinajstić information content (AvgIpc) is 3.24. The zero-order valence-corrected chi connectivity index (χ0v) is 11.3. The van der Waals surface area contributed by atoms with Gasteiger partial charge in [0, 0.05) is 12.1 Å². The zero-order chi connectivity index (χ0) is 15.7. The van der Waals surface area contributed by atoms with Crippen LogP contribution < -0.4 is 10.6 Å². The Hall–Kier alpha value is -2.38. The Kier molecular flexibility index (Phi) is 3.59. The van der Waals surface area contributed by atoms with Gasteiger partial charge in [-0.3, -0.25) is 0 Å². The summed E-state index contributed by atoms with van der Waals surface area (Å²) in [6, 6.07) is 4.95. The van der Waals surface area contributed by atoms with Crippen molar-refractivity contribution in [2.24, 2.45) is 0 Å². The van der Waals surface area contributed by atoms with Crippen LogP contribution in [0.25, 0.3) is 0 Å². The molecule has 0 aliphatic heterocycles. The molecule has 1 aromatic heterocycles. The van der Waals surface area contributed by atoms with Gasteiger partial charge in [0.1, 0.15) is 18.0 Å². The van der Waals surface area contributed by atoms with E-state index in [-0.39, 0.29) is 11.5 Å². The van der Waals surface area contributed by atoms with Gasteiger partial charge >= 0.3 is 6.18 Å². The molecule has 116 valence electrons. The normalized spacial score (nSPS) is 14.7. The zero-order valence-electron chi connectivity index (χ0n) is 11.3. The highest BCUT2D eigenvalue weighted by molar-refractivity contribution is 5.60. The van der Waals surface area contributed by atoms with E-state index >= 15 is 0 Å². The van der Waals surface area contributed by atoms with Gasteiger partial charge in [-0.2, -0.15) is 13.2 Å². The van der Waals surface area contributed by atoms with Gasteiger partial charge in [0.15, 0.2) is 5.82 Å². The molecule has 0 amide bonds. The first-order chi connectivity index (χ1) is 10.4. The van der Waals surface area contributed by atoms with Crippen molar-refractivity contribution in [1.29, 1.82) is 0 Å². The van der Waals surface area contributed by atoms with E-state index in [1.54, 1.807) is 0 Å². The SMILES string of the molecule is Fc1c(Nc2cc(NC3CC3)ncn2)cccc1C(F)(F)F. The Morgan fingerprint density at radius 3 is 2.50 bits per heavy atom. The second-order valence-electron chi connectivity index (χ2n) is 5.00. The van der Waals surface area contributed by atoms with Crippen LogP contribution in [0, 0.1) is 5.82 Å². The fourth-order valence-electron chi connectivity index (χ4n) is 1.93. The lowest BCUT2D eigenvalue weighted by Crippen LogP contribution is -2.10. The molecule has 0 saturated heterocycles. The molecule has 8 heteroatoms. The smallest absolute Gasteiger partial charge is 0.367 e. The second-order valence-corrected chi connectivity index (χ2v) is 5.00. The molecule has 2 N–H and O–H groups in total. The van der Waals surface area contributed by atoms with Crippen molar-refractivity contribution in [3.63, 3.8) is 0 Å². The molecule has 1 aromatic carbocycles. The number of rotatable bonds is 4. The quantitative estimate of drug-likeness (QED) is 0.839. The van der Waals surface area contributed by atoms with Crippen LogP contribution in [-0.2, 0) is 6.18 Å². The Morgan fingerprint density at radius 2 is 1.82 bits per heavy atom. The van der Waals surface area contributed by atoms with E-state index in [9.17, 15) is 17.6 Å². The molecule has 4 nitrogen and oxygen atoms in total. The minimum atomic E-state index is -4.74. The molecule has 0 radical (unpaired) electrons. The van der Waals surface area contributed by atoms with E-state index in [0.717, 1.165) is 18.9 Å². The van der Waals surface area contributed by atoms with Gasteiger partial charge in [-0.1, -0.05) is 6.07 Å². The maximum atomic E-state index is 13.9. The minimum absolute atomic E-state index is 0.219. The number of alkyl halides is 3. The van der Waals surface area contributed by atoms with E-state index in [4.69, 9.17) is 0 Å². The largest absolute Gasteiger partial charge is 0.419 e. The average molecular weight is 312 g/mol. The van der Waals surface area contributed by atoms with Crippen molar-refractivity contribution < 1.29 is 17.6 Å². The highest BCUT2D eigenvalue weighted by Crippen LogP contribution is 2.34. The Bertz CT molecular complexity index is 683. The van der Waals surface area contributed by atoms with Crippen LogP contribution in [0.1, 0.15) is 18.4 Å². The lowest BCUT2D eigenvalue weighted by Gasteiger charge is -2.12. The summed E-state index contributed by atoms with van der Waals surface area (Å²) in [5.41, 5.74) is -1.60. The number of anilines is 3. The minimum Gasteiger partial charge on any atom is -0.367 e. The first-order valence-electron chi connectivity index (χ1n) is 6.65. The standard InChI is InChI=1S/C14H12F4N4/c15-13-9(14(16,17)18)2-1-3-10(13)22-12-6-11(19-7-20-12)21-8-4-5-8/h1-3,6-8H,4-5H2,(H2,19,20,21,22). The number of nitrogens with one attached hydrogen (secondary N) is 2. The van der Waals surface area contributed by atoms with Gasteiger partial charge < -0.3 is 10.6 Å². The molecule has 1 aliphatic rings. The first-order valence-corrected chi connectivity index (χ1v) is 6.65.